The Labute approximate surface area is 124 Å². The van der Waals surface area contributed by atoms with Crippen molar-refractivity contribution in [2.75, 3.05) is 11.9 Å². The lowest BCUT2D eigenvalue weighted by Gasteiger charge is -2.27. The monoisotopic (exact) mass is 345 g/mol. The largest absolute Gasteiger partial charge is 0.218 e. The number of benzene rings is 1. The van der Waals surface area contributed by atoms with Crippen LogP contribution < -0.4 is 0 Å². The quantitative estimate of drug-likeness (QED) is 0.786. The number of alkyl halides is 1. The summed E-state index contributed by atoms with van der Waals surface area (Å²) in [6.07, 6.45) is 4.17. The van der Waals surface area contributed by atoms with Crippen molar-refractivity contribution in [2.45, 2.75) is 37.5 Å². The topological polar surface area (TPSA) is 37.4 Å². The average Bonchev–Trinajstić information content (AvgIpc) is 2.64. The van der Waals surface area contributed by atoms with Crippen LogP contribution in [0.4, 0.5) is 0 Å². The highest BCUT2D eigenvalue weighted by Gasteiger charge is 2.30. The molecule has 1 saturated heterocycles. The smallest absolute Gasteiger partial charge is 0.212 e. The van der Waals surface area contributed by atoms with E-state index in [2.05, 4.69) is 15.9 Å². The molecule has 0 saturated carbocycles. The summed E-state index contributed by atoms with van der Waals surface area (Å²) in [5.41, 5.74) is 0.861. The molecular weight excluding hydrogens is 326 g/mol. The molecule has 2 rings (SSSR count). The van der Waals surface area contributed by atoms with Gasteiger partial charge in [0.15, 0.2) is 0 Å². The molecule has 0 amide bonds. The number of hydrogen-bond donors (Lipinski definition) is 0. The van der Waals surface area contributed by atoms with Gasteiger partial charge in [-0.1, -0.05) is 59.1 Å². The minimum atomic E-state index is -3.22. The molecule has 1 aliphatic rings. The number of rotatable bonds is 4. The highest BCUT2D eigenvalue weighted by Crippen LogP contribution is 2.23. The first-order valence-electron chi connectivity index (χ1n) is 6.73. The molecular formula is C14H20BrNO2S. The van der Waals surface area contributed by atoms with Crippen LogP contribution in [0.15, 0.2) is 30.3 Å². The van der Waals surface area contributed by atoms with Crippen LogP contribution in [0, 0.1) is 0 Å². The Bertz CT molecular complexity index is 489. The van der Waals surface area contributed by atoms with Gasteiger partial charge in [-0.05, 0) is 18.4 Å². The third-order valence-corrected chi connectivity index (χ3v) is 6.19. The molecule has 1 aliphatic heterocycles. The van der Waals surface area contributed by atoms with E-state index in [1.165, 1.54) is 0 Å². The van der Waals surface area contributed by atoms with Crippen molar-refractivity contribution < 1.29 is 8.42 Å². The van der Waals surface area contributed by atoms with Gasteiger partial charge in [0.1, 0.15) is 0 Å². The van der Waals surface area contributed by atoms with Crippen LogP contribution in [0.25, 0.3) is 0 Å². The Morgan fingerprint density at radius 1 is 1.16 bits per heavy atom. The van der Waals surface area contributed by atoms with Crippen molar-refractivity contribution in [3.63, 3.8) is 0 Å². The molecule has 1 aromatic rings. The van der Waals surface area contributed by atoms with E-state index in [1.807, 2.05) is 30.3 Å². The maximum atomic E-state index is 12.6. The van der Waals surface area contributed by atoms with Gasteiger partial charge in [-0.15, -0.1) is 0 Å². The summed E-state index contributed by atoms with van der Waals surface area (Å²) in [4.78, 5) is 0. The van der Waals surface area contributed by atoms with Gasteiger partial charge >= 0.3 is 0 Å². The predicted molar refractivity (Wildman–Crippen MR) is 81.8 cm³/mol. The molecule has 1 fully saturated rings. The van der Waals surface area contributed by atoms with Crippen LogP contribution in [0.5, 0.6) is 0 Å². The van der Waals surface area contributed by atoms with Crippen LogP contribution >= 0.6 is 15.9 Å². The fraction of sp³-hybridized carbons (Fsp3) is 0.571. The Hall–Kier alpha value is -0.390. The Morgan fingerprint density at radius 2 is 1.89 bits per heavy atom. The standard InChI is InChI=1S/C14H20BrNO2S/c15-11-14-9-5-2-6-10-16(14)19(17,18)12-13-7-3-1-4-8-13/h1,3-4,7-8,14H,2,5-6,9-12H2. The maximum Gasteiger partial charge on any atom is 0.218 e. The Morgan fingerprint density at radius 3 is 2.58 bits per heavy atom. The fourth-order valence-electron chi connectivity index (χ4n) is 2.54. The third kappa shape index (κ3) is 4.04. The zero-order valence-corrected chi connectivity index (χ0v) is 13.4. The van der Waals surface area contributed by atoms with E-state index in [9.17, 15) is 8.42 Å². The van der Waals surface area contributed by atoms with Gasteiger partial charge in [0.2, 0.25) is 10.0 Å². The van der Waals surface area contributed by atoms with Gasteiger partial charge in [-0.25, -0.2) is 8.42 Å². The molecule has 1 atom stereocenters. The Kier molecular flexibility index (Phi) is 5.42. The summed E-state index contributed by atoms with van der Waals surface area (Å²) in [6.45, 7) is 0.658. The molecule has 0 aliphatic carbocycles. The zero-order chi connectivity index (χ0) is 13.7. The lowest BCUT2D eigenvalue weighted by Crippen LogP contribution is -2.41. The summed E-state index contributed by atoms with van der Waals surface area (Å²) in [7, 11) is -3.22. The first-order valence-corrected chi connectivity index (χ1v) is 9.46. The lowest BCUT2D eigenvalue weighted by atomic mass is 10.1. The number of nitrogens with zero attached hydrogens (tertiary/aromatic N) is 1. The van der Waals surface area contributed by atoms with Crippen molar-refractivity contribution in [3.05, 3.63) is 35.9 Å². The Balaban J connectivity index is 2.17. The van der Waals surface area contributed by atoms with Crippen LogP contribution in [-0.4, -0.2) is 30.6 Å². The van der Waals surface area contributed by atoms with Crippen LogP contribution in [0.1, 0.15) is 31.2 Å². The highest BCUT2D eigenvalue weighted by molar-refractivity contribution is 9.09. The normalized spacial score (nSPS) is 22.1. The molecule has 3 nitrogen and oxygen atoms in total. The minimum Gasteiger partial charge on any atom is -0.212 e. The van der Waals surface area contributed by atoms with Crippen molar-refractivity contribution in [1.29, 1.82) is 0 Å². The van der Waals surface area contributed by atoms with Crippen molar-refractivity contribution >= 4 is 26.0 Å². The van der Waals surface area contributed by atoms with E-state index in [1.54, 1.807) is 4.31 Å². The van der Waals surface area contributed by atoms with Gasteiger partial charge in [0.05, 0.1) is 5.75 Å². The van der Waals surface area contributed by atoms with Gasteiger partial charge in [0.25, 0.3) is 0 Å². The second kappa shape index (κ2) is 6.86. The minimum absolute atomic E-state index is 0.108. The molecule has 1 aromatic carbocycles. The van der Waals surface area contributed by atoms with Crippen molar-refractivity contribution in [1.82, 2.24) is 4.31 Å². The van der Waals surface area contributed by atoms with E-state index >= 15 is 0 Å². The fourth-order valence-corrected chi connectivity index (χ4v) is 5.22. The summed E-state index contributed by atoms with van der Waals surface area (Å²) >= 11 is 3.46. The van der Waals surface area contributed by atoms with E-state index in [0.29, 0.717) is 6.54 Å². The van der Waals surface area contributed by atoms with Crippen molar-refractivity contribution in [2.24, 2.45) is 0 Å². The summed E-state index contributed by atoms with van der Waals surface area (Å²) in [5.74, 6) is 0.108. The molecule has 0 aromatic heterocycles. The van der Waals surface area contributed by atoms with Crippen LogP contribution in [-0.2, 0) is 15.8 Å². The molecule has 0 spiro atoms. The van der Waals surface area contributed by atoms with E-state index < -0.39 is 10.0 Å². The van der Waals surface area contributed by atoms with E-state index in [4.69, 9.17) is 0 Å². The number of halogens is 1. The number of hydrogen-bond acceptors (Lipinski definition) is 2. The molecule has 0 bridgehead atoms. The van der Waals surface area contributed by atoms with Crippen LogP contribution in [0.2, 0.25) is 0 Å². The van der Waals surface area contributed by atoms with Gasteiger partial charge in [-0.3, -0.25) is 0 Å². The van der Waals surface area contributed by atoms with Gasteiger partial charge < -0.3 is 0 Å². The van der Waals surface area contributed by atoms with E-state index in [-0.39, 0.29) is 11.8 Å². The lowest BCUT2D eigenvalue weighted by molar-refractivity contribution is 0.347. The number of sulfonamides is 1. The SMILES string of the molecule is O=S(=O)(Cc1ccccc1)N1CCCCCC1CBr. The van der Waals surface area contributed by atoms with Crippen molar-refractivity contribution in [3.8, 4) is 0 Å². The molecule has 5 heteroatoms. The average molecular weight is 346 g/mol. The summed E-state index contributed by atoms with van der Waals surface area (Å²) in [5, 5.41) is 0.723. The summed E-state index contributed by atoms with van der Waals surface area (Å²) < 4.78 is 26.9. The van der Waals surface area contributed by atoms with Gasteiger partial charge in [-0.2, -0.15) is 4.31 Å². The molecule has 19 heavy (non-hydrogen) atoms. The first-order chi connectivity index (χ1) is 9.13. The second-order valence-electron chi connectivity index (χ2n) is 5.01. The van der Waals surface area contributed by atoms with E-state index in [0.717, 1.165) is 36.6 Å². The maximum absolute atomic E-state index is 12.6. The zero-order valence-electron chi connectivity index (χ0n) is 11.0. The highest BCUT2D eigenvalue weighted by atomic mass is 79.9. The summed E-state index contributed by atoms with van der Waals surface area (Å²) in [6, 6.07) is 9.53. The van der Waals surface area contributed by atoms with Crippen LogP contribution in [0.3, 0.4) is 0 Å². The second-order valence-corrected chi connectivity index (χ2v) is 7.58. The third-order valence-electron chi connectivity index (χ3n) is 3.55. The molecule has 0 N–H and O–H groups in total. The molecule has 1 heterocycles. The predicted octanol–water partition coefficient (Wildman–Crippen LogP) is 3.16. The molecule has 106 valence electrons. The molecule has 1 unspecified atom stereocenters. The molecule has 0 radical (unpaired) electrons. The first kappa shape index (κ1) is 15.0. The van der Waals surface area contributed by atoms with Gasteiger partial charge in [0, 0.05) is 17.9 Å².